The van der Waals surface area contributed by atoms with Crippen molar-refractivity contribution in [3.63, 3.8) is 0 Å². The number of benzene rings is 4. The largest absolute Gasteiger partial charge is 0.493 e. The second-order valence-electron chi connectivity index (χ2n) is 28.1. The number of fused-ring (bicyclic) bond motifs is 8. The van der Waals surface area contributed by atoms with Crippen molar-refractivity contribution < 1.29 is 124 Å². The molecule has 26 heteroatoms. The third-order valence-electron chi connectivity index (χ3n) is 17.9. The summed E-state index contributed by atoms with van der Waals surface area (Å²) in [5.74, 6) is -7.97. The maximum absolute atomic E-state index is 14.0. The lowest BCUT2D eigenvalue weighted by atomic mass is 9.88. The van der Waals surface area contributed by atoms with E-state index < -0.39 is 97.7 Å². The average Bonchev–Trinajstić information content (AvgIpc) is 0.772. The molecule has 0 radical (unpaired) electrons. The summed E-state index contributed by atoms with van der Waals surface area (Å²) in [6.45, 7) is 23.4. The summed E-state index contributed by atoms with van der Waals surface area (Å²) < 4.78 is 82.5. The Balaban J connectivity index is 1.96. The van der Waals surface area contributed by atoms with Crippen LogP contribution in [0.15, 0.2) is 146 Å². The Morgan fingerprint density at radius 1 is 0.280 bits per heavy atom. The summed E-state index contributed by atoms with van der Waals surface area (Å²) in [6.07, 6.45) is 20.7. The molecule has 8 bridgehead atoms. The molecule has 0 atom stereocenters. The van der Waals surface area contributed by atoms with Crippen molar-refractivity contribution in [3.05, 3.63) is 213 Å². The Bertz CT molecular complexity index is 3920. The van der Waals surface area contributed by atoms with Crippen LogP contribution in [0.2, 0.25) is 0 Å². The number of ether oxygens (including phenoxy) is 14. The highest BCUT2D eigenvalue weighted by atomic mass is 16.6. The van der Waals surface area contributed by atoms with Crippen LogP contribution in [0.1, 0.15) is 211 Å². The minimum Gasteiger partial charge on any atom is -0.493 e. The quantitative estimate of drug-likeness (QED) is 0.0151. The molecule has 1 aliphatic carbocycles. The normalized spacial score (nSPS) is 11.6. The van der Waals surface area contributed by atoms with E-state index in [2.05, 4.69) is 63.5 Å². The first kappa shape index (κ1) is 96.6. The molecule has 118 heavy (non-hydrogen) atoms. The van der Waals surface area contributed by atoms with E-state index in [0.717, 1.165) is 140 Å². The Morgan fingerprint density at radius 2 is 0.475 bits per heavy atom. The van der Waals surface area contributed by atoms with Crippen LogP contribution in [-0.4, -0.2) is 138 Å². The first-order valence-corrected chi connectivity index (χ1v) is 39.7. The predicted octanol–water partition coefficient (Wildman–Crippen LogP) is 14.5. The molecule has 0 aromatic heterocycles. The molecule has 5 rings (SSSR count). The van der Waals surface area contributed by atoms with Crippen molar-refractivity contribution in [3.8, 4) is 23.0 Å². The van der Waals surface area contributed by atoms with Gasteiger partial charge in [0.15, 0.2) is 11.6 Å². The van der Waals surface area contributed by atoms with Crippen LogP contribution < -0.4 is 18.9 Å². The van der Waals surface area contributed by atoms with Crippen molar-refractivity contribution in [2.75, 3.05) is 67.1 Å². The summed E-state index contributed by atoms with van der Waals surface area (Å²) in [5, 5.41) is 0. The number of unbranched alkanes of at least 4 members (excludes halogenated alkanes) is 12. The molecule has 0 spiro atoms. The van der Waals surface area contributed by atoms with Crippen LogP contribution in [0.5, 0.6) is 23.0 Å². The van der Waals surface area contributed by atoms with Crippen molar-refractivity contribution in [2.45, 2.75) is 196 Å². The molecular weight excluding hydrogens is 1520 g/mol. The molecule has 4 aromatic carbocycles. The van der Waals surface area contributed by atoms with Gasteiger partial charge in [-0.25, -0.2) is 47.9 Å². The minimum atomic E-state index is -0.957. The predicted molar refractivity (Wildman–Crippen MR) is 437 cm³/mol. The number of methoxy groups -OCH3 is 2. The number of esters is 10. The molecule has 0 N–H and O–H groups in total. The number of allylic oxidation sites excluding steroid dienone is 2. The van der Waals surface area contributed by atoms with Crippen molar-refractivity contribution >= 4 is 71.3 Å². The summed E-state index contributed by atoms with van der Waals surface area (Å²) >= 11 is 0. The van der Waals surface area contributed by atoms with Crippen molar-refractivity contribution in [1.29, 1.82) is 0 Å². The van der Waals surface area contributed by atoms with E-state index in [4.69, 9.17) is 56.8 Å². The zero-order chi connectivity index (χ0) is 86.3. The fourth-order valence-electron chi connectivity index (χ4n) is 11.9. The van der Waals surface area contributed by atoms with Gasteiger partial charge in [-0.05, 0) is 167 Å². The topological polar surface area (TPSA) is 334 Å². The maximum atomic E-state index is 14.0. The van der Waals surface area contributed by atoms with Gasteiger partial charge in [0.05, 0.1) is 62.9 Å². The van der Waals surface area contributed by atoms with Crippen LogP contribution in [0.4, 0.5) is 0 Å². The highest BCUT2D eigenvalue weighted by Gasteiger charge is 2.28. The summed E-state index contributed by atoms with van der Waals surface area (Å²) in [6, 6.07) is 14.7. The SMILES string of the molecule is C=C(COC(=O)/C=C\C(C)=O)C(=O)OCc1cc2c(OCCCCCC)c(c1)Cc1cc(COC(=O)C(=C)COC(=O)/C=C\C(=O)OC)cc(c1OCCCCCC)Cc1cc(COC(=O)C(=C)COC(=O)/C=C\C(=O)OC)cc(c1OCCCCCC)Cc1cc(COC(=O)C(=C)COC(=O)/C=C\C(C)=O)cc(c1OCCCCCC)C2. The Kier molecular flexibility index (Phi) is 43.7. The van der Waals surface area contributed by atoms with Crippen LogP contribution >= 0.6 is 0 Å². The van der Waals surface area contributed by atoms with Gasteiger partial charge in [0.1, 0.15) is 75.9 Å². The number of hydrogen-bond acceptors (Lipinski definition) is 26. The van der Waals surface area contributed by atoms with Crippen LogP contribution in [-0.2, 0) is 157 Å². The van der Waals surface area contributed by atoms with Gasteiger partial charge in [-0.3, -0.25) is 9.59 Å². The van der Waals surface area contributed by atoms with Crippen LogP contribution in [0.25, 0.3) is 0 Å². The minimum absolute atomic E-state index is 0.0180. The fraction of sp³-hybridized carbons (Fsp3) is 0.435. The van der Waals surface area contributed by atoms with Gasteiger partial charge in [-0.1, -0.05) is 131 Å². The average molecular weight is 1630 g/mol. The highest BCUT2D eigenvalue weighted by molar-refractivity contribution is 5.97. The Morgan fingerprint density at radius 3 is 0.661 bits per heavy atom. The third-order valence-corrected chi connectivity index (χ3v) is 17.9. The zero-order valence-electron chi connectivity index (χ0n) is 69.3. The maximum Gasteiger partial charge on any atom is 0.337 e. The molecule has 4 aromatic rings. The second-order valence-corrected chi connectivity index (χ2v) is 28.1. The van der Waals surface area contributed by atoms with E-state index in [1.807, 2.05) is 48.5 Å². The number of carbonyl (C=O) groups is 12. The lowest BCUT2D eigenvalue weighted by molar-refractivity contribution is -0.144. The first-order chi connectivity index (χ1) is 56.7. The van der Waals surface area contributed by atoms with E-state index in [-0.39, 0.29) is 101 Å². The van der Waals surface area contributed by atoms with Gasteiger partial charge in [0.25, 0.3) is 0 Å². The van der Waals surface area contributed by atoms with E-state index in [9.17, 15) is 57.5 Å². The standard InChI is InChI=1S/C92H112O26/c1-13-17-21-25-37-107-85-71-41-67(57-115-89(101)61(5)53-111-81(97)31-29-65(9)93)43-73(85)50-75-45-69(59-117-91(103)63(7)55-113-83(99)35-33-79(95)105-11)47-77(87(75)109-39-27-23-19-15-3)52-78-48-70(60-118-92(104)64(8)56-114-84(100)36-34-80(96)106-12)46-76(88(78)110-40-28-24-20-16-4)51-74-44-68(42-72(49-71)86(74)108-38-26-22-18-14-2)58-116-90(102)62(6)54-112-82(98)32-30-66(10)94/h29-36,41-48H,5-8,13-28,37-40,49-60H2,1-4,9-12H3/b31-29-,32-30-,35-33-,36-34-. The summed E-state index contributed by atoms with van der Waals surface area (Å²) in [7, 11) is 2.28. The molecule has 0 aliphatic heterocycles. The number of ketones is 2. The number of carbonyl (C=O) groups excluding carboxylic acids is 12. The second kappa shape index (κ2) is 53.3. The van der Waals surface area contributed by atoms with Crippen LogP contribution in [0, 0.1) is 0 Å². The molecule has 0 heterocycles. The summed E-state index contributed by atoms with van der Waals surface area (Å²) in [5.41, 5.74) is 5.50. The Hall–Kier alpha value is -12.0. The van der Waals surface area contributed by atoms with Crippen molar-refractivity contribution in [1.82, 2.24) is 0 Å². The van der Waals surface area contributed by atoms with Gasteiger partial charge < -0.3 is 66.3 Å². The zero-order valence-corrected chi connectivity index (χ0v) is 69.3. The monoisotopic (exact) mass is 1630 g/mol. The lowest BCUT2D eigenvalue weighted by Gasteiger charge is -2.25. The Labute approximate surface area is 690 Å². The van der Waals surface area contributed by atoms with Gasteiger partial charge >= 0.3 is 59.7 Å². The smallest absolute Gasteiger partial charge is 0.337 e. The lowest BCUT2D eigenvalue weighted by Crippen LogP contribution is -2.16. The van der Waals surface area contributed by atoms with Gasteiger partial charge in [0, 0.05) is 62.1 Å². The number of rotatable bonds is 52. The highest BCUT2D eigenvalue weighted by Crippen LogP contribution is 2.42. The van der Waals surface area contributed by atoms with E-state index in [1.54, 1.807) is 0 Å². The van der Waals surface area contributed by atoms with Gasteiger partial charge in [0.2, 0.25) is 0 Å². The molecule has 26 nitrogen and oxygen atoms in total. The fourth-order valence-corrected chi connectivity index (χ4v) is 11.9. The van der Waals surface area contributed by atoms with Crippen LogP contribution in [0.3, 0.4) is 0 Å². The molecule has 0 saturated heterocycles. The molecule has 0 unspecified atom stereocenters. The van der Waals surface area contributed by atoms with E-state index in [0.29, 0.717) is 115 Å². The third kappa shape index (κ3) is 35.6. The van der Waals surface area contributed by atoms with E-state index in [1.165, 1.54) is 13.8 Å². The van der Waals surface area contributed by atoms with Gasteiger partial charge in [-0.2, -0.15) is 0 Å². The van der Waals surface area contributed by atoms with Crippen molar-refractivity contribution in [2.24, 2.45) is 0 Å². The molecule has 0 saturated carbocycles. The molecule has 0 fully saturated rings. The van der Waals surface area contributed by atoms with Gasteiger partial charge in [-0.15, -0.1) is 0 Å². The molecule has 636 valence electrons. The number of hydrogen-bond donors (Lipinski definition) is 0. The summed E-state index contributed by atoms with van der Waals surface area (Å²) in [4.78, 5) is 153. The first-order valence-electron chi connectivity index (χ1n) is 39.7. The molecule has 0 amide bonds. The molecule has 1 aliphatic rings. The molecular formula is C92H112O26. The van der Waals surface area contributed by atoms with E-state index >= 15 is 0 Å².